The molecule has 2 N–H and O–H groups in total. The average Bonchev–Trinajstić information content (AvgIpc) is 2.93. The molecule has 1 aromatic rings. The highest BCUT2D eigenvalue weighted by molar-refractivity contribution is 4.97. The molecule has 2 aliphatic rings. The van der Waals surface area contributed by atoms with Crippen LogP contribution in [0.5, 0.6) is 0 Å². The normalized spacial score (nSPS) is 34.5. The van der Waals surface area contributed by atoms with Crippen LogP contribution in [0.3, 0.4) is 0 Å². The zero-order chi connectivity index (χ0) is 11.1. The lowest BCUT2D eigenvalue weighted by Crippen LogP contribution is -2.38. The van der Waals surface area contributed by atoms with Crippen molar-refractivity contribution in [1.82, 2.24) is 20.2 Å². The predicted octanol–water partition coefficient (Wildman–Crippen LogP) is -0.353. The van der Waals surface area contributed by atoms with Gasteiger partial charge in [0.1, 0.15) is 0 Å². The number of tetrazole rings is 1. The fraction of sp³-hybridized carbons (Fsp3) is 0.900. The summed E-state index contributed by atoms with van der Waals surface area (Å²) in [6.07, 6.45) is 5.00. The minimum atomic E-state index is 0.0968. The molecule has 3 heterocycles. The van der Waals surface area contributed by atoms with Gasteiger partial charge in [0, 0.05) is 18.4 Å². The average molecular weight is 223 g/mol. The van der Waals surface area contributed by atoms with Crippen LogP contribution in [0, 0.1) is 5.92 Å². The summed E-state index contributed by atoms with van der Waals surface area (Å²) in [5.74, 6) is 1.21. The second-order valence-electron chi connectivity index (χ2n) is 4.84. The summed E-state index contributed by atoms with van der Waals surface area (Å²) < 4.78 is 5.81. The van der Waals surface area contributed by atoms with Gasteiger partial charge in [0.25, 0.3) is 0 Å². The SMILES string of the molecule is Cn1nnc(CC(N)C2CC3CCC2O3)n1. The summed E-state index contributed by atoms with van der Waals surface area (Å²) in [4.78, 5) is 1.47. The van der Waals surface area contributed by atoms with Crippen molar-refractivity contribution in [3.8, 4) is 0 Å². The van der Waals surface area contributed by atoms with Crippen molar-refractivity contribution in [3.05, 3.63) is 5.82 Å². The molecule has 16 heavy (non-hydrogen) atoms. The quantitative estimate of drug-likeness (QED) is 0.757. The van der Waals surface area contributed by atoms with Crippen LogP contribution in [0.1, 0.15) is 25.1 Å². The number of nitrogens with zero attached hydrogens (tertiary/aromatic N) is 4. The Morgan fingerprint density at radius 2 is 2.44 bits per heavy atom. The van der Waals surface area contributed by atoms with Gasteiger partial charge in [-0.15, -0.1) is 10.2 Å². The van der Waals surface area contributed by atoms with E-state index in [1.54, 1.807) is 7.05 Å². The number of rotatable bonds is 3. The van der Waals surface area contributed by atoms with Crippen LogP contribution in [0.15, 0.2) is 0 Å². The summed E-state index contributed by atoms with van der Waals surface area (Å²) in [5, 5.41) is 11.9. The monoisotopic (exact) mass is 223 g/mol. The van der Waals surface area contributed by atoms with E-state index in [1.165, 1.54) is 11.2 Å². The van der Waals surface area contributed by atoms with Crippen molar-refractivity contribution < 1.29 is 4.74 Å². The molecular weight excluding hydrogens is 206 g/mol. The van der Waals surface area contributed by atoms with E-state index in [9.17, 15) is 0 Å². The summed E-state index contributed by atoms with van der Waals surface area (Å²) in [7, 11) is 1.77. The van der Waals surface area contributed by atoms with E-state index >= 15 is 0 Å². The standard InChI is InChI=1S/C10H17N5O/c1-15-13-10(12-14-15)5-8(11)7-4-6-2-3-9(7)16-6/h6-9H,2-5,11H2,1H3. The van der Waals surface area contributed by atoms with Crippen LogP contribution in [-0.2, 0) is 18.2 Å². The molecule has 4 atom stereocenters. The van der Waals surface area contributed by atoms with Crippen LogP contribution in [0.4, 0.5) is 0 Å². The molecule has 2 bridgehead atoms. The van der Waals surface area contributed by atoms with E-state index < -0.39 is 0 Å². The highest BCUT2D eigenvalue weighted by Gasteiger charge is 2.43. The molecule has 0 spiro atoms. The highest BCUT2D eigenvalue weighted by atomic mass is 16.5. The van der Waals surface area contributed by atoms with E-state index in [4.69, 9.17) is 10.5 Å². The van der Waals surface area contributed by atoms with Crippen molar-refractivity contribution >= 4 is 0 Å². The van der Waals surface area contributed by atoms with E-state index in [1.807, 2.05) is 0 Å². The molecular formula is C10H17N5O. The molecule has 6 heteroatoms. The third-order valence-electron chi connectivity index (χ3n) is 3.67. The Hall–Kier alpha value is -1.01. The number of ether oxygens (including phenoxy) is 1. The third-order valence-corrected chi connectivity index (χ3v) is 3.67. The van der Waals surface area contributed by atoms with Crippen LogP contribution in [0.2, 0.25) is 0 Å². The summed E-state index contributed by atoms with van der Waals surface area (Å²) in [6.45, 7) is 0. The molecule has 2 fully saturated rings. The molecule has 0 aromatic carbocycles. The van der Waals surface area contributed by atoms with Crippen LogP contribution < -0.4 is 5.73 Å². The van der Waals surface area contributed by atoms with Gasteiger partial charge in [-0.3, -0.25) is 0 Å². The number of aryl methyl sites for hydroxylation is 1. The number of hydrogen-bond acceptors (Lipinski definition) is 5. The Labute approximate surface area is 94.1 Å². The number of hydrogen-bond donors (Lipinski definition) is 1. The summed E-state index contributed by atoms with van der Waals surface area (Å²) >= 11 is 0. The maximum atomic E-state index is 6.21. The Bertz CT molecular complexity index is 379. The van der Waals surface area contributed by atoms with Crippen molar-refractivity contribution in [3.63, 3.8) is 0 Å². The first-order valence-corrected chi connectivity index (χ1v) is 5.86. The first-order chi connectivity index (χ1) is 7.72. The van der Waals surface area contributed by atoms with Crippen LogP contribution in [-0.4, -0.2) is 38.5 Å². The molecule has 3 rings (SSSR count). The molecule has 4 unspecified atom stereocenters. The molecule has 0 amide bonds. The fourth-order valence-corrected chi connectivity index (χ4v) is 2.89. The fourth-order valence-electron chi connectivity index (χ4n) is 2.89. The van der Waals surface area contributed by atoms with E-state index in [0.717, 1.165) is 18.7 Å². The zero-order valence-corrected chi connectivity index (χ0v) is 9.41. The number of nitrogens with two attached hydrogens (primary N) is 1. The first-order valence-electron chi connectivity index (χ1n) is 5.86. The lowest BCUT2D eigenvalue weighted by atomic mass is 9.83. The second kappa shape index (κ2) is 3.78. The molecule has 0 radical (unpaired) electrons. The Kier molecular flexibility index (Phi) is 2.40. The van der Waals surface area contributed by atoms with Crippen molar-refractivity contribution in [2.24, 2.45) is 18.7 Å². The minimum absolute atomic E-state index is 0.0968. The van der Waals surface area contributed by atoms with Gasteiger partial charge in [0.2, 0.25) is 0 Å². The lowest BCUT2D eigenvalue weighted by Gasteiger charge is -2.24. The third kappa shape index (κ3) is 1.72. The van der Waals surface area contributed by atoms with Gasteiger partial charge in [-0.05, 0) is 24.5 Å². The van der Waals surface area contributed by atoms with Gasteiger partial charge < -0.3 is 10.5 Å². The molecule has 0 aliphatic carbocycles. The topological polar surface area (TPSA) is 78.9 Å². The maximum Gasteiger partial charge on any atom is 0.176 e. The molecule has 6 nitrogen and oxygen atoms in total. The van der Waals surface area contributed by atoms with E-state index in [2.05, 4.69) is 15.4 Å². The number of aromatic nitrogens is 4. The van der Waals surface area contributed by atoms with Gasteiger partial charge in [0.15, 0.2) is 5.82 Å². The smallest absolute Gasteiger partial charge is 0.176 e. The van der Waals surface area contributed by atoms with Gasteiger partial charge in [-0.25, -0.2) is 0 Å². The molecule has 2 aliphatic heterocycles. The lowest BCUT2D eigenvalue weighted by molar-refractivity contribution is 0.0884. The molecule has 1 aromatic heterocycles. The Morgan fingerprint density at radius 1 is 1.56 bits per heavy atom. The maximum absolute atomic E-state index is 6.21. The van der Waals surface area contributed by atoms with E-state index in [0.29, 0.717) is 24.5 Å². The highest BCUT2D eigenvalue weighted by Crippen LogP contribution is 2.40. The van der Waals surface area contributed by atoms with Gasteiger partial charge in [-0.1, -0.05) is 0 Å². The van der Waals surface area contributed by atoms with Crippen LogP contribution >= 0.6 is 0 Å². The molecule has 88 valence electrons. The Morgan fingerprint density at radius 3 is 3.00 bits per heavy atom. The van der Waals surface area contributed by atoms with Crippen LogP contribution in [0.25, 0.3) is 0 Å². The van der Waals surface area contributed by atoms with Gasteiger partial charge in [0.05, 0.1) is 19.3 Å². The summed E-state index contributed by atoms with van der Waals surface area (Å²) in [6, 6.07) is 0.0968. The second-order valence-corrected chi connectivity index (χ2v) is 4.84. The molecule has 2 saturated heterocycles. The summed E-state index contributed by atoms with van der Waals surface area (Å²) in [5.41, 5.74) is 6.21. The number of fused-ring (bicyclic) bond motifs is 2. The predicted molar refractivity (Wildman–Crippen MR) is 56.5 cm³/mol. The van der Waals surface area contributed by atoms with Gasteiger partial charge >= 0.3 is 0 Å². The minimum Gasteiger partial charge on any atom is -0.375 e. The van der Waals surface area contributed by atoms with E-state index in [-0.39, 0.29) is 6.04 Å². The van der Waals surface area contributed by atoms with Crippen molar-refractivity contribution in [1.29, 1.82) is 0 Å². The largest absolute Gasteiger partial charge is 0.375 e. The Balaban J connectivity index is 1.63. The van der Waals surface area contributed by atoms with Crippen molar-refractivity contribution in [2.45, 2.75) is 43.9 Å². The molecule has 0 saturated carbocycles. The van der Waals surface area contributed by atoms with Gasteiger partial charge in [-0.2, -0.15) is 4.80 Å². The van der Waals surface area contributed by atoms with Crippen molar-refractivity contribution in [2.75, 3.05) is 0 Å². The zero-order valence-electron chi connectivity index (χ0n) is 9.41. The first kappa shape index (κ1) is 10.2.